The van der Waals surface area contributed by atoms with E-state index in [2.05, 4.69) is 20.3 Å². The Bertz CT molecular complexity index is 1080. The van der Waals surface area contributed by atoms with Crippen molar-refractivity contribution < 1.29 is 10.2 Å². The molecule has 0 radical (unpaired) electrons. The topological polar surface area (TPSA) is 91.2 Å². The van der Waals surface area contributed by atoms with Crippen molar-refractivity contribution in [1.82, 2.24) is 15.0 Å². The Labute approximate surface area is 162 Å². The van der Waals surface area contributed by atoms with Gasteiger partial charge in [0.1, 0.15) is 11.6 Å². The fourth-order valence-electron chi connectivity index (χ4n) is 3.07. The van der Waals surface area contributed by atoms with Crippen molar-refractivity contribution in [2.75, 3.05) is 5.32 Å². The summed E-state index contributed by atoms with van der Waals surface area (Å²) < 4.78 is 0. The number of rotatable bonds is 5. The molecule has 0 fully saturated rings. The van der Waals surface area contributed by atoms with E-state index in [1.54, 1.807) is 36.7 Å². The zero-order valence-corrected chi connectivity index (χ0v) is 15.3. The minimum absolute atomic E-state index is 0.166. The largest absolute Gasteiger partial charge is 0.508 e. The minimum Gasteiger partial charge on any atom is -0.508 e. The molecule has 3 N–H and O–H groups in total. The van der Waals surface area contributed by atoms with Gasteiger partial charge in [0.05, 0.1) is 17.7 Å². The normalized spacial score (nSPS) is 13.2. The molecule has 140 valence electrons. The molecule has 2 aromatic carbocycles. The Morgan fingerprint density at radius 1 is 0.929 bits per heavy atom. The number of hydrogen-bond acceptors (Lipinski definition) is 6. The van der Waals surface area contributed by atoms with Gasteiger partial charge < -0.3 is 15.5 Å². The fourth-order valence-corrected chi connectivity index (χ4v) is 3.07. The van der Waals surface area contributed by atoms with Crippen LogP contribution in [0.15, 0.2) is 73.1 Å². The first-order valence-corrected chi connectivity index (χ1v) is 9.02. The number of aliphatic hydroxyl groups excluding tert-OH is 1. The average molecular weight is 372 g/mol. The van der Waals surface area contributed by atoms with Gasteiger partial charge >= 0.3 is 0 Å². The van der Waals surface area contributed by atoms with E-state index in [4.69, 9.17) is 0 Å². The minimum atomic E-state index is -0.767. The summed E-state index contributed by atoms with van der Waals surface area (Å²) in [6, 6.07) is 17.7. The van der Waals surface area contributed by atoms with Gasteiger partial charge in [0.25, 0.3) is 0 Å². The van der Waals surface area contributed by atoms with E-state index in [1.807, 2.05) is 43.3 Å². The van der Waals surface area contributed by atoms with Crippen LogP contribution in [0.5, 0.6) is 5.75 Å². The van der Waals surface area contributed by atoms with Gasteiger partial charge in [-0.1, -0.05) is 24.3 Å². The Morgan fingerprint density at radius 3 is 2.46 bits per heavy atom. The van der Waals surface area contributed by atoms with Gasteiger partial charge in [-0.05, 0) is 48.9 Å². The molecule has 0 aliphatic heterocycles. The molecule has 6 heteroatoms. The van der Waals surface area contributed by atoms with Crippen LogP contribution in [0.25, 0.3) is 22.3 Å². The predicted molar refractivity (Wildman–Crippen MR) is 109 cm³/mol. The lowest BCUT2D eigenvalue weighted by Crippen LogP contribution is -2.25. The first-order chi connectivity index (χ1) is 13.6. The van der Waals surface area contributed by atoms with Crippen LogP contribution in [0.3, 0.4) is 0 Å². The number of aromatic nitrogens is 3. The maximum absolute atomic E-state index is 10.7. The van der Waals surface area contributed by atoms with Crippen LogP contribution in [0.2, 0.25) is 0 Å². The van der Waals surface area contributed by atoms with Crippen LogP contribution in [-0.2, 0) is 0 Å². The number of aromatic hydroxyl groups is 1. The zero-order valence-electron chi connectivity index (χ0n) is 15.3. The summed E-state index contributed by atoms with van der Waals surface area (Å²) in [6.45, 7) is 1.89. The first kappa shape index (κ1) is 17.9. The van der Waals surface area contributed by atoms with Crippen LogP contribution in [0.4, 0.5) is 5.82 Å². The van der Waals surface area contributed by atoms with Crippen molar-refractivity contribution in [1.29, 1.82) is 0 Å². The number of para-hydroxylation sites is 1. The van der Waals surface area contributed by atoms with E-state index in [0.29, 0.717) is 17.2 Å². The van der Waals surface area contributed by atoms with Gasteiger partial charge in [0.15, 0.2) is 5.82 Å². The highest BCUT2D eigenvalue weighted by atomic mass is 16.3. The molecule has 6 nitrogen and oxygen atoms in total. The first-order valence-electron chi connectivity index (χ1n) is 9.02. The van der Waals surface area contributed by atoms with Crippen LogP contribution in [0.1, 0.15) is 18.6 Å². The molecule has 4 rings (SSSR count). The van der Waals surface area contributed by atoms with Gasteiger partial charge in [0, 0.05) is 23.3 Å². The predicted octanol–water partition coefficient (Wildman–Crippen LogP) is 3.93. The van der Waals surface area contributed by atoms with E-state index in [1.165, 1.54) is 0 Å². The summed E-state index contributed by atoms with van der Waals surface area (Å²) in [6.07, 6.45) is 2.67. The van der Waals surface area contributed by atoms with E-state index in [-0.39, 0.29) is 11.8 Å². The number of benzene rings is 2. The number of phenols is 1. The second kappa shape index (κ2) is 7.62. The Morgan fingerprint density at radius 2 is 1.71 bits per heavy atom. The highest BCUT2D eigenvalue weighted by molar-refractivity contribution is 5.90. The van der Waals surface area contributed by atoms with Gasteiger partial charge in [-0.2, -0.15) is 0 Å². The van der Waals surface area contributed by atoms with Gasteiger partial charge in [-0.3, -0.25) is 4.98 Å². The van der Waals surface area contributed by atoms with E-state index >= 15 is 0 Å². The Balaban J connectivity index is 1.70. The van der Waals surface area contributed by atoms with Gasteiger partial charge in [-0.15, -0.1) is 0 Å². The third-order valence-electron chi connectivity index (χ3n) is 4.60. The number of fused-ring (bicyclic) bond motifs is 1. The third kappa shape index (κ3) is 3.63. The molecule has 0 aliphatic carbocycles. The summed E-state index contributed by atoms with van der Waals surface area (Å²) >= 11 is 0. The van der Waals surface area contributed by atoms with Crippen molar-refractivity contribution >= 4 is 16.7 Å². The molecule has 0 spiro atoms. The number of nitrogens with zero attached hydrogens (tertiary/aromatic N) is 3. The van der Waals surface area contributed by atoms with Crippen molar-refractivity contribution in [2.24, 2.45) is 0 Å². The van der Waals surface area contributed by atoms with Crippen molar-refractivity contribution in [3.63, 3.8) is 0 Å². The fraction of sp³-hybridized carbons (Fsp3) is 0.136. The maximum atomic E-state index is 10.7. The molecule has 0 saturated carbocycles. The molecule has 4 aromatic rings. The van der Waals surface area contributed by atoms with Gasteiger partial charge in [-0.25, -0.2) is 9.97 Å². The molecule has 0 bridgehead atoms. The van der Waals surface area contributed by atoms with Crippen LogP contribution >= 0.6 is 0 Å². The molecule has 2 aromatic heterocycles. The van der Waals surface area contributed by atoms with Crippen molar-refractivity contribution in [2.45, 2.75) is 19.1 Å². The molecule has 28 heavy (non-hydrogen) atoms. The molecule has 0 saturated heterocycles. The monoisotopic (exact) mass is 372 g/mol. The SMILES string of the molecule is C[C@@H](Nc1nc(-c2cccnc2)nc2ccccc12)[C@H](O)c1ccc(O)cc1. The lowest BCUT2D eigenvalue weighted by atomic mass is 10.0. The molecule has 2 atom stereocenters. The van der Waals surface area contributed by atoms with E-state index in [0.717, 1.165) is 16.5 Å². The van der Waals surface area contributed by atoms with E-state index in [9.17, 15) is 10.2 Å². The standard InChI is InChI=1S/C22H20N4O2/c1-14(20(28)15-8-10-17(27)11-9-15)24-22-18-6-2-3-7-19(18)25-21(26-22)16-5-4-12-23-13-16/h2-14,20,27-28H,1H3,(H,24,25,26)/t14-,20+/m1/s1. The Hall–Kier alpha value is -3.51. The molecule has 0 amide bonds. The number of pyridine rings is 1. The number of anilines is 1. The van der Waals surface area contributed by atoms with Crippen LogP contribution in [-0.4, -0.2) is 31.2 Å². The van der Waals surface area contributed by atoms with Crippen LogP contribution < -0.4 is 5.32 Å². The molecule has 0 aliphatic rings. The summed E-state index contributed by atoms with van der Waals surface area (Å²) in [5.41, 5.74) is 2.34. The highest BCUT2D eigenvalue weighted by Gasteiger charge is 2.19. The number of phenolic OH excluding ortho intramolecular Hbond substituents is 1. The molecule has 2 heterocycles. The zero-order chi connectivity index (χ0) is 19.5. The molecule has 0 unspecified atom stereocenters. The summed E-state index contributed by atoms with van der Waals surface area (Å²) in [5.74, 6) is 1.38. The lowest BCUT2D eigenvalue weighted by molar-refractivity contribution is 0.160. The average Bonchev–Trinajstić information content (AvgIpc) is 2.74. The van der Waals surface area contributed by atoms with Crippen molar-refractivity contribution in [3.05, 3.63) is 78.6 Å². The summed E-state index contributed by atoms with van der Waals surface area (Å²) in [5, 5.41) is 24.4. The quantitative estimate of drug-likeness (QED) is 0.492. The van der Waals surface area contributed by atoms with E-state index < -0.39 is 6.10 Å². The summed E-state index contributed by atoms with van der Waals surface area (Å²) in [7, 11) is 0. The molecular formula is C22H20N4O2. The number of hydrogen-bond donors (Lipinski definition) is 3. The third-order valence-corrected chi connectivity index (χ3v) is 4.60. The number of aliphatic hydroxyl groups is 1. The maximum Gasteiger partial charge on any atom is 0.163 e. The second-order valence-corrected chi connectivity index (χ2v) is 6.62. The second-order valence-electron chi connectivity index (χ2n) is 6.62. The smallest absolute Gasteiger partial charge is 0.163 e. The van der Waals surface area contributed by atoms with Crippen molar-refractivity contribution in [3.8, 4) is 17.1 Å². The van der Waals surface area contributed by atoms with Crippen LogP contribution in [0, 0.1) is 0 Å². The number of nitrogens with one attached hydrogen (secondary N) is 1. The molecular weight excluding hydrogens is 352 g/mol. The summed E-state index contributed by atoms with van der Waals surface area (Å²) in [4.78, 5) is 13.5. The lowest BCUT2D eigenvalue weighted by Gasteiger charge is -2.22. The Kier molecular flexibility index (Phi) is 4.87. The van der Waals surface area contributed by atoms with Gasteiger partial charge in [0.2, 0.25) is 0 Å². The highest BCUT2D eigenvalue weighted by Crippen LogP contribution is 2.27.